The molecule has 8 nitrogen and oxygen atoms in total. The number of piperidine rings is 1. The first-order chi connectivity index (χ1) is 14.3. The summed E-state index contributed by atoms with van der Waals surface area (Å²) in [6.45, 7) is 10.3. The van der Waals surface area contributed by atoms with Gasteiger partial charge in [0, 0.05) is 18.2 Å². The molecule has 2 atom stereocenters. The van der Waals surface area contributed by atoms with Gasteiger partial charge in [0.25, 0.3) is 5.56 Å². The van der Waals surface area contributed by atoms with Crippen LogP contribution < -0.4 is 10.3 Å². The van der Waals surface area contributed by atoms with Crippen molar-refractivity contribution in [3.63, 3.8) is 0 Å². The normalized spacial score (nSPS) is 19.2. The molecule has 1 N–H and O–H groups in total. The summed E-state index contributed by atoms with van der Waals surface area (Å²) in [5, 5.41) is 13.6. The number of rotatable bonds is 4. The molecule has 1 aliphatic rings. The van der Waals surface area contributed by atoms with E-state index < -0.39 is 0 Å². The first-order valence-corrected chi connectivity index (χ1v) is 10.5. The number of nitrogens with one attached hydrogen (secondary N) is 1. The van der Waals surface area contributed by atoms with Gasteiger partial charge in [0.1, 0.15) is 11.8 Å². The standard InChI is InChI=1S/C22H30N6O2/c1-14-7-6-10-27(13-14)19(20-24-25-26-28(20)22(2,3)4)17-11-15-8-9-16(30-5)12-18(15)23-21(17)29/h8-9,11-12,14,19H,6-7,10,13H2,1-5H3,(H,23,29)/t14-,19-/m0/s1. The predicted molar refractivity (Wildman–Crippen MR) is 116 cm³/mol. The fourth-order valence-corrected chi connectivity index (χ4v) is 4.33. The van der Waals surface area contributed by atoms with E-state index in [0.29, 0.717) is 23.1 Å². The summed E-state index contributed by atoms with van der Waals surface area (Å²) in [7, 11) is 1.62. The number of H-pyrrole nitrogens is 1. The highest BCUT2D eigenvalue weighted by molar-refractivity contribution is 5.80. The summed E-state index contributed by atoms with van der Waals surface area (Å²) in [6, 6.07) is 7.38. The van der Waals surface area contributed by atoms with E-state index in [0.717, 1.165) is 30.4 Å². The Morgan fingerprint density at radius 3 is 2.77 bits per heavy atom. The lowest BCUT2D eigenvalue weighted by atomic mass is 9.95. The second-order valence-electron chi connectivity index (χ2n) is 9.27. The maximum absolute atomic E-state index is 13.3. The number of benzene rings is 1. The number of methoxy groups -OCH3 is 1. The summed E-state index contributed by atoms with van der Waals surface area (Å²) < 4.78 is 7.14. The number of aromatic amines is 1. The SMILES string of the molecule is COc1ccc2cc([C@@H](c3nnnn3C(C)(C)C)N3CCC[C@H](C)C3)c(=O)[nH]c2c1. The molecular weight excluding hydrogens is 380 g/mol. The number of aromatic nitrogens is 5. The molecule has 160 valence electrons. The van der Waals surface area contributed by atoms with Gasteiger partial charge >= 0.3 is 0 Å². The number of hydrogen-bond acceptors (Lipinski definition) is 6. The Balaban J connectivity index is 1.89. The zero-order valence-corrected chi connectivity index (χ0v) is 18.3. The topological polar surface area (TPSA) is 88.9 Å². The van der Waals surface area contributed by atoms with Crippen LogP contribution in [0.1, 0.15) is 58.0 Å². The molecule has 2 aromatic heterocycles. The van der Waals surface area contributed by atoms with Crippen molar-refractivity contribution in [2.75, 3.05) is 20.2 Å². The van der Waals surface area contributed by atoms with Crippen LogP contribution in [0.5, 0.6) is 5.75 Å². The van der Waals surface area contributed by atoms with E-state index in [9.17, 15) is 4.79 Å². The molecule has 0 aliphatic carbocycles. The van der Waals surface area contributed by atoms with Crippen molar-refractivity contribution < 1.29 is 4.74 Å². The molecule has 0 saturated carbocycles. The lowest BCUT2D eigenvalue weighted by Crippen LogP contribution is -2.42. The molecule has 0 spiro atoms. The molecule has 3 heterocycles. The summed E-state index contributed by atoms with van der Waals surface area (Å²) >= 11 is 0. The molecule has 0 radical (unpaired) electrons. The second kappa shape index (κ2) is 7.83. The third-order valence-corrected chi connectivity index (χ3v) is 5.80. The Hall–Kier alpha value is -2.74. The molecular formula is C22H30N6O2. The highest BCUT2D eigenvalue weighted by Gasteiger charge is 2.34. The van der Waals surface area contributed by atoms with Gasteiger partial charge in [0.05, 0.1) is 18.2 Å². The van der Waals surface area contributed by atoms with Gasteiger partial charge in [-0.2, -0.15) is 0 Å². The van der Waals surface area contributed by atoms with Gasteiger partial charge in [-0.1, -0.05) is 6.92 Å². The molecule has 4 rings (SSSR count). The lowest BCUT2D eigenvalue weighted by molar-refractivity contribution is 0.137. The van der Waals surface area contributed by atoms with E-state index in [2.05, 4.69) is 53.1 Å². The van der Waals surface area contributed by atoms with Gasteiger partial charge in [-0.15, -0.1) is 5.10 Å². The van der Waals surface area contributed by atoms with Crippen LogP contribution in [-0.4, -0.2) is 50.3 Å². The molecule has 1 aromatic carbocycles. The van der Waals surface area contributed by atoms with E-state index >= 15 is 0 Å². The van der Waals surface area contributed by atoms with Crippen LogP contribution in [0.4, 0.5) is 0 Å². The van der Waals surface area contributed by atoms with Crippen molar-refractivity contribution in [1.29, 1.82) is 0 Å². The van der Waals surface area contributed by atoms with Crippen molar-refractivity contribution >= 4 is 10.9 Å². The highest BCUT2D eigenvalue weighted by Crippen LogP contribution is 2.32. The Kier molecular flexibility index (Phi) is 5.36. The monoisotopic (exact) mass is 410 g/mol. The maximum atomic E-state index is 13.3. The van der Waals surface area contributed by atoms with Crippen LogP contribution >= 0.6 is 0 Å². The summed E-state index contributed by atoms with van der Waals surface area (Å²) in [5.41, 5.74) is 1.00. The molecule has 1 aliphatic heterocycles. The van der Waals surface area contributed by atoms with E-state index in [4.69, 9.17) is 4.74 Å². The average Bonchev–Trinajstić information content (AvgIpc) is 3.18. The van der Waals surface area contributed by atoms with Gasteiger partial charge in [-0.3, -0.25) is 9.69 Å². The van der Waals surface area contributed by atoms with Crippen molar-refractivity contribution in [2.24, 2.45) is 5.92 Å². The molecule has 1 fully saturated rings. The van der Waals surface area contributed by atoms with Crippen LogP contribution in [0, 0.1) is 5.92 Å². The fraction of sp³-hybridized carbons (Fsp3) is 0.545. The number of fused-ring (bicyclic) bond motifs is 1. The quantitative estimate of drug-likeness (QED) is 0.711. The van der Waals surface area contributed by atoms with Crippen molar-refractivity contribution in [3.05, 3.63) is 46.0 Å². The minimum atomic E-state index is -0.308. The van der Waals surface area contributed by atoms with Crippen molar-refractivity contribution in [3.8, 4) is 5.75 Å². The Morgan fingerprint density at radius 2 is 2.07 bits per heavy atom. The molecule has 8 heteroatoms. The predicted octanol–water partition coefficient (Wildman–Crippen LogP) is 3.10. The third-order valence-electron chi connectivity index (χ3n) is 5.80. The number of pyridine rings is 1. The third kappa shape index (κ3) is 3.84. The van der Waals surface area contributed by atoms with Crippen molar-refractivity contribution in [2.45, 2.75) is 52.1 Å². The van der Waals surface area contributed by atoms with Crippen LogP contribution in [0.2, 0.25) is 0 Å². The number of nitrogens with zero attached hydrogens (tertiary/aromatic N) is 5. The molecule has 3 aromatic rings. The number of likely N-dealkylation sites (tertiary alicyclic amines) is 1. The zero-order valence-electron chi connectivity index (χ0n) is 18.3. The summed E-state index contributed by atoms with van der Waals surface area (Å²) in [4.78, 5) is 18.6. The largest absolute Gasteiger partial charge is 0.497 e. The van der Waals surface area contributed by atoms with Crippen LogP contribution in [0.3, 0.4) is 0 Å². The smallest absolute Gasteiger partial charge is 0.253 e. The average molecular weight is 411 g/mol. The Labute approximate surface area is 176 Å². The first kappa shape index (κ1) is 20.5. The lowest BCUT2D eigenvalue weighted by Gasteiger charge is -2.37. The Bertz CT molecular complexity index is 1100. The van der Waals surface area contributed by atoms with Gasteiger partial charge in [0.15, 0.2) is 5.82 Å². The second-order valence-corrected chi connectivity index (χ2v) is 9.27. The van der Waals surface area contributed by atoms with Crippen LogP contribution in [0.25, 0.3) is 10.9 Å². The van der Waals surface area contributed by atoms with Gasteiger partial charge < -0.3 is 9.72 Å². The zero-order chi connectivity index (χ0) is 21.5. The maximum Gasteiger partial charge on any atom is 0.253 e. The number of ether oxygens (including phenoxy) is 1. The van der Waals surface area contributed by atoms with Gasteiger partial charge in [0.2, 0.25) is 0 Å². The molecule has 0 unspecified atom stereocenters. The van der Waals surface area contributed by atoms with Gasteiger partial charge in [-0.25, -0.2) is 4.68 Å². The first-order valence-electron chi connectivity index (χ1n) is 10.5. The van der Waals surface area contributed by atoms with Crippen LogP contribution in [-0.2, 0) is 5.54 Å². The van der Waals surface area contributed by atoms with E-state index in [1.807, 2.05) is 28.9 Å². The Morgan fingerprint density at radius 1 is 1.27 bits per heavy atom. The molecule has 1 saturated heterocycles. The van der Waals surface area contributed by atoms with E-state index in [1.54, 1.807) is 7.11 Å². The minimum absolute atomic E-state index is 0.123. The van der Waals surface area contributed by atoms with E-state index in [-0.39, 0.29) is 17.1 Å². The van der Waals surface area contributed by atoms with Gasteiger partial charge in [-0.05, 0) is 80.1 Å². The number of tetrazole rings is 1. The summed E-state index contributed by atoms with van der Waals surface area (Å²) in [6.07, 6.45) is 2.29. The molecule has 30 heavy (non-hydrogen) atoms. The van der Waals surface area contributed by atoms with E-state index in [1.165, 1.54) is 6.42 Å². The fourth-order valence-electron chi connectivity index (χ4n) is 4.33. The minimum Gasteiger partial charge on any atom is -0.497 e. The molecule has 0 bridgehead atoms. The van der Waals surface area contributed by atoms with Crippen LogP contribution in [0.15, 0.2) is 29.1 Å². The molecule has 0 amide bonds. The summed E-state index contributed by atoms with van der Waals surface area (Å²) in [5.74, 6) is 1.97. The highest BCUT2D eigenvalue weighted by atomic mass is 16.5. The number of hydrogen-bond donors (Lipinski definition) is 1. The van der Waals surface area contributed by atoms with Crippen molar-refractivity contribution in [1.82, 2.24) is 30.1 Å².